The van der Waals surface area contributed by atoms with Crippen molar-refractivity contribution in [1.29, 1.82) is 0 Å². The predicted molar refractivity (Wildman–Crippen MR) is 121 cm³/mol. The number of nitrogens with two attached hydrogens (primary N) is 1. The summed E-state index contributed by atoms with van der Waals surface area (Å²) in [7, 11) is 0. The van der Waals surface area contributed by atoms with Crippen LogP contribution in [0.1, 0.15) is 106 Å². The first-order valence-corrected chi connectivity index (χ1v) is 12.2. The molecule has 0 aromatic heterocycles. The highest BCUT2D eigenvalue weighted by molar-refractivity contribution is 5.12. The summed E-state index contributed by atoms with van der Waals surface area (Å²) in [6.07, 6.45) is 10.9. The van der Waals surface area contributed by atoms with Gasteiger partial charge in [-0.1, -0.05) is 53.4 Å². The van der Waals surface area contributed by atoms with E-state index in [4.69, 9.17) is 15.2 Å². The lowest BCUT2D eigenvalue weighted by molar-refractivity contribution is -0.119. The summed E-state index contributed by atoms with van der Waals surface area (Å²) in [5.41, 5.74) is 6.16. The van der Waals surface area contributed by atoms with Gasteiger partial charge in [0, 0.05) is 19.1 Å². The molecule has 0 amide bonds. The van der Waals surface area contributed by atoms with Crippen LogP contribution in [0, 0.1) is 23.2 Å². The lowest BCUT2D eigenvalue weighted by Gasteiger charge is -2.39. The Balaban J connectivity index is 1.61. The van der Waals surface area contributed by atoms with Crippen molar-refractivity contribution < 1.29 is 14.6 Å². The Bertz CT molecular complexity index is 494. The Hall–Kier alpha value is -0.160. The molecule has 4 nitrogen and oxygen atoms in total. The Morgan fingerprint density at radius 1 is 1.07 bits per heavy atom. The molecule has 0 radical (unpaired) electrons. The largest absolute Gasteiger partial charge is 0.393 e. The van der Waals surface area contributed by atoms with E-state index in [-0.39, 0.29) is 17.6 Å². The zero-order valence-electron chi connectivity index (χ0n) is 20.1. The van der Waals surface area contributed by atoms with Gasteiger partial charge in [-0.2, -0.15) is 0 Å². The van der Waals surface area contributed by atoms with Crippen molar-refractivity contribution in [2.75, 3.05) is 13.2 Å². The number of aliphatic hydroxyl groups excluding tert-OH is 1. The molecule has 0 aliphatic heterocycles. The molecule has 0 heterocycles. The Labute approximate surface area is 180 Å². The minimum absolute atomic E-state index is 0.0646. The van der Waals surface area contributed by atoms with Gasteiger partial charge < -0.3 is 20.3 Å². The first-order valence-electron chi connectivity index (χ1n) is 12.2. The standard InChI is InChI=1S/C25H49NO3/c1-19(2)13-16-28-24(5)18-23(24,4)15-9-10-20(3)14-17-29-25(6,26)21-11-7-8-12-22(21)27/h19-22,27H,7-18,26H2,1-6H3. The zero-order chi connectivity index (χ0) is 21.7. The maximum Gasteiger partial charge on any atom is 0.119 e. The fourth-order valence-corrected chi connectivity index (χ4v) is 5.15. The normalized spacial score (nSPS) is 35.5. The molecule has 2 rings (SSSR count). The molecule has 6 unspecified atom stereocenters. The van der Waals surface area contributed by atoms with Gasteiger partial charge in [0.25, 0.3) is 0 Å². The molecule has 3 N–H and O–H groups in total. The van der Waals surface area contributed by atoms with E-state index >= 15 is 0 Å². The van der Waals surface area contributed by atoms with Crippen molar-refractivity contribution >= 4 is 0 Å². The molecule has 0 spiro atoms. The van der Waals surface area contributed by atoms with Gasteiger partial charge in [-0.05, 0) is 69.6 Å². The second-order valence-electron chi connectivity index (χ2n) is 11.3. The van der Waals surface area contributed by atoms with E-state index in [9.17, 15) is 5.11 Å². The van der Waals surface area contributed by atoms with Crippen LogP contribution in [0.3, 0.4) is 0 Å². The molecule has 4 heteroatoms. The minimum atomic E-state index is -0.712. The molecule has 2 aliphatic rings. The van der Waals surface area contributed by atoms with Crippen LogP contribution in [0.25, 0.3) is 0 Å². The van der Waals surface area contributed by atoms with E-state index in [0.717, 1.165) is 45.1 Å². The minimum Gasteiger partial charge on any atom is -0.393 e. The van der Waals surface area contributed by atoms with Crippen molar-refractivity contribution in [3.05, 3.63) is 0 Å². The molecular formula is C25H49NO3. The number of hydrogen-bond acceptors (Lipinski definition) is 4. The molecule has 0 saturated heterocycles. The summed E-state index contributed by atoms with van der Waals surface area (Å²) < 4.78 is 12.3. The maximum absolute atomic E-state index is 10.3. The molecule has 0 aromatic carbocycles. The number of ether oxygens (including phenoxy) is 2. The zero-order valence-corrected chi connectivity index (χ0v) is 20.1. The Morgan fingerprint density at radius 2 is 1.76 bits per heavy atom. The van der Waals surface area contributed by atoms with Crippen molar-refractivity contribution in [3.8, 4) is 0 Å². The first-order chi connectivity index (χ1) is 13.5. The van der Waals surface area contributed by atoms with Gasteiger partial charge in [0.1, 0.15) is 5.72 Å². The van der Waals surface area contributed by atoms with Crippen LogP contribution in [0.2, 0.25) is 0 Å². The fourth-order valence-electron chi connectivity index (χ4n) is 5.15. The molecular weight excluding hydrogens is 362 g/mol. The molecule has 29 heavy (non-hydrogen) atoms. The summed E-state index contributed by atoms with van der Waals surface area (Å²) in [5.74, 6) is 1.41. The first kappa shape index (κ1) is 25.1. The van der Waals surface area contributed by atoms with Gasteiger partial charge in [0.05, 0.1) is 11.7 Å². The van der Waals surface area contributed by atoms with E-state index in [1.54, 1.807) is 0 Å². The predicted octanol–water partition coefficient (Wildman–Crippen LogP) is 5.66. The van der Waals surface area contributed by atoms with Gasteiger partial charge in [-0.25, -0.2) is 0 Å². The van der Waals surface area contributed by atoms with Crippen LogP contribution in [0.4, 0.5) is 0 Å². The summed E-state index contributed by atoms with van der Waals surface area (Å²) in [6.45, 7) is 15.1. The highest BCUT2D eigenvalue weighted by atomic mass is 16.5. The van der Waals surface area contributed by atoms with Crippen LogP contribution in [0.5, 0.6) is 0 Å². The van der Waals surface area contributed by atoms with E-state index in [0.29, 0.717) is 23.9 Å². The average Bonchev–Trinajstić information content (AvgIpc) is 3.15. The highest BCUT2D eigenvalue weighted by Crippen LogP contribution is 2.61. The van der Waals surface area contributed by atoms with Crippen LogP contribution >= 0.6 is 0 Å². The third-order valence-corrected chi connectivity index (χ3v) is 7.91. The summed E-state index contributed by atoms with van der Waals surface area (Å²) in [4.78, 5) is 0. The number of hydrogen-bond donors (Lipinski definition) is 2. The SMILES string of the molecule is CC(C)CCOC1(C)CC1(C)CCCC(C)CCOC(C)(N)C1CCCCC1O. The summed E-state index contributed by atoms with van der Waals surface area (Å²) in [6, 6.07) is 0. The van der Waals surface area contributed by atoms with E-state index < -0.39 is 5.72 Å². The van der Waals surface area contributed by atoms with E-state index in [1.165, 1.54) is 25.7 Å². The second kappa shape index (κ2) is 10.4. The molecule has 2 fully saturated rings. The lowest BCUT2D eigenvalue weighted by atomic mass is 9.80. The third kappa shape index (κ3) is 7.19. The highest BCUT2D eigenvalue weighted by Gasteiger charge is 2.61. The van der Waals surface area contributed by atoms with Gasteiger partial charge in [-0.15, -0.1) is 0 Å². The molecule has 0 bridgehead atoms. The number of rotatable bonds is 13. The quantitative estimate of drug-likeness (QED) is 0.384. The maximum atomic E-state index is 10.3. The van der Waals surface area contributed by atoms with Gasteiger partial charge in [0.2, 0.25) is 0 Å². The van der Waals surface area contributed by atoms with Gasteiger partial charge in [0.15, 0.2) is 0 Å². The van der Waals surface area contributed by atoms with Crippen LogP contribution in [-0.2, 0) is 9.47 Å². The lowest BCUT2D eigenvalue weighted by Crippen LogP contribution is -2.52. The van der Waals surface area contributed by atoms with Crippen molar-refractivity contribution in [3.63, 3.8) is 0 Å². The molecule has 172 valence electrons. The van der Waals surface area contributed by atoms with Crippen molar-refractivity contribution in [1.82, 2.24) is 0 Å². The van der Waals surface area contributed by atoms with Crippen molar-refractivity contribution in [2.45, 2.75) is 123 Å². The van der Waals surface area contributed by atoms with E-state index in [2.05, 4.69) is 34.6 Å². The summed E-state index contributed by atoms with van der Waals surface area (Å²) >= 11 is 0. The number of aliphatic hydroxyl groups is 1. The monoisotopic (exact) mass is 411 g/mol. The second-order valence-corrected chi connectivity index (χ2v) is 11.3. The smallest absolute Gasteiger partial charge is 0.119 e. The summed E-state index contributed by atoms with van der Waals surface area (Å²) in [5, 5.41) is 10.3. The molecule has 0 aromatic rings. The Morgan fingerprint density at radius 3 is 2.41 bits per heavy atom. The van der Waals surface area contributed by atoms with Crippen molar-refractivity contribution in [2.24, 2.45) is 28.9 Å². The van der Waals surface area contributed by atoms with Crippen LogP contribution < -0.4 is 5.73 Å². The van der Waals surface area contributed by atoms with Gasteiger partial charge >= 0.3 is 0 Å². The topological polar surface area (TPSA) is 64.7 Å². The van der Waals surface area contributed by atoms with Gasteiger partial charge in [-0.3, -0.25) is 0 Å². The van der Waals surface area contributed by atoms with E-state index in [1.807, 2.05) is 6.92 Å². The molecule has 2 aliphatic carbocycles. The fraction of sp³-hybridized carbons (Fsp3) is 1.00. The third-order valence-electron chi connectivity index (χ3n) is 7.91. The van der Waals surface area contributed by atoms with Crippen LogP contribution in [0.15, 0.2) is 0 Å². The molecule has 6 atom stereocenters. The molecule has 2 saturated carbocycles. The van der Waals surface area contributed by atoms with Crippen LogP contribution in [-0.4, -0.2) is 35.8 Å². The average molecular weight is 412 g/mol. The Kier molecular flexibility index (Phi) is 9.03.